The second kappa shape index (κ2) is 5.65. The molecule has 0 aliphatic heterocycles. The van der Waals surface area contributed by atoms with E-state index in [9.17, 15) is 4.79 Å². The maximum Gasteiger partial charge on any atom is 0.291 e. The first-order valence-electron chi connectivity index (χ1n) is 5.59. The van der Waals surface area contributed by atoms with Crippen molar-refractivity contribution in [2.24, 2.45) is 5.73 Å². The zero-order valence-corrected chi connectivity index (χ0v) is 11.6. The van der Waals surface area contributed by atoms with E-state index in [4.69, 9.17) is 33.4 Å². The highest BCUT2D eigenvalue weighted by molar-refractivity contribution is 6.39. The van der Waals surface area contributed by atoms with Gasteiger partial charge in [0.1, 0.15) is 5.76 Å². The highest BCUT2D eigenvalue weighted by Gasteiger charge is 2.15. The van der Waals surface area contributed by atoms with Gasteiger partial charge in [0, 0.05) is 0 Å². The van der Waals surface area contributed by atoms with E-state index in [1.54, 1.807) is 37.3 Å². The molecule has 2 rings (SSSR count). The Morgan fingerprint density at radius 3 is 2.42 bits per heavy atom. The molecule has 19 heavy (non-hydrogen) atoms. The number of carbonyl (C=O) groups excluding carboxylic acids is 1. The van der Waals surface area contributed by atoms with Gasteiger partial charge in [0.15, 0.2) is 5.76 Å². The second-order valence-electron chi connectivity index (χ2n) is 4.04. The van der Waals surface area contributed by atoms with Crippen molar-refractivity contribution in [1.29, 1.82) is 0 Å². The summed E-state index contributed by atoms with van der Waals surface area (Å²) in [6.45, 7) is 1.77. The summed E-state index contributed by atoms with van der Waals surface area (Å²) < 4.78 is 5.34. The summed E-state index contributed by atoms with van der Waals surface area (Å²) in [7, 11) is 0. The van der Waals surface area contributed by atoms with Gasteiger partial charge >= 0.3 is 0 Å². The zero-order valence-electron chi connectivity index (χ0n) is 10.1. The van der Waals surface area contributed by atoms with E-state index < -0.39 is 5.91 Å². The van der Waals surface area contributed by atoms with Crippen LogP contribution in [0.1, 0.15) is 29.3 Å². The van der Waals surface area contributed by atoms with E-state index in [1.165, 1.54) is 0 Å². The van der Waals surface area contributed by atoms with Gasteiger partial charge in [-0.2, -0.15) is 0 Å². The normalized spacial score (nSPS) is 12.2. The number of benzene rings is 1. The Hall–Kier alpha value is -1.49. The van der Waals surface area contributed by atoms with Gasteiger partial charge in [0.2, 0.25) is 0 Å². The van der Waals surface area contributed by atoms with Crippen molar-refractivity contribution in [2.45, 2.75) is 13.0 Å². The van der Waals surface area contributed by atoms with Crippen LogP contribution in [0.4, 0.5) is 5.69 Å². The monoisotopic (exact) mass is 298 g/mol. The average molecular weight is 299 g/mol. The third-order valence-corrected chi connectivity index (χ3v) is 3.13. The summed E-state index contributed by atoms with van der Waals surface area (Å²) in [5.41, 5.74) is 6.02. The van der Waals surface area contributed by atoms with Crippen molar-refractivity contribution >= 4 is 34.8 Å². The smallest absolute Gasteiger partial charge is 0.291 e. The highest BCUT2D eigenvalue weighted by Crippen LogP contribution is 2.30. The highest BCUT2D eigenvalue weighted by atomic mass is 35.5. The van der Waals surface area contributed by atoms with Crippen LogP contribution in [0, 0.1) is 0 Å². The Balaban J connectivity index is 2.21. The fraction of sp³-hybridized carbons (Fsp3) is 0.154. The van der Waals surface area contributed by atoms with E-state index in [1.807, 2.05) is 0 Å². The van der Waals surface area contributed by atoms with E-state index >= 15 is 0 Å². The standard InChI is InChI=1S/C13H12Cl2N2O2/c1-7(16)10-5-6-11(19-10)13(18)17-12-8(14)3-2-4-9(12)15/h2-7H,16H2,1H3,(H,17,18). The number of anilines is 1. The molecule has 0 radical (unpaired) electrons. The van der Waals surface area contributed by atoms with Crippen molar-refractivity contribution in [3.63, 3.8) is 0 Å². The number of amides is 1. The number of furan rings is 1. The molecule has 0 saturated heterocycles. The lowest BCUT2D eigenvalue weighted by Gasteiger charge is -2.07. The first kappa shape index (κ1) is 13.9. The SMILES string of the molecule is CC(N)c1ccc(C(=O)Nc2c(Cl)cccc2Cl)o1. The molecule has 0 saturated carbocycles. The quantitative estimate of drug-likeness (QED) is 0.904. The molecule has 0 fully saturated rings. The van der Waals surface area contributed by atoms with Crippen LogP contribution in [0.15, 0.2) is 34.7 Å². The molecule has 100 valence electrons. The van der Waals surface area contributed by atoms with Crippen LogP contribution in [-0.2, 0) is 0 Å². The third-order valence-electron chi connectivity index (χ3n) is 2.50. The summed E-state index contributed by atoms with van der Waals surface area (Å²) in [6, 6.07) is 7.91. The molecule has 1 aromatic carbocycles. The first-order valence-corrected chi connectivity index (χ1v) is 6.35. The van der Waals surface area contributed by atoms with Crippen LogP contribution in [0.2, 0.25) is 10.0 Å². The van der Waals surface area contributed by atoms with Crippen molar-refractivity contribution in [1.82, 2.24) is 0 Å². The topological polar surface area (TPSA) is 68.3 Å². The maximum absolute atomic E-state index is 12.0. The number of halogens is 2. The molecule has 2 aromatic rings. The molecule has 0 aliphatic rings. The molecule has 4 nitrogen and oxygen atoms in total. The number of para-hydroxylation sites is 1. The number of rotatable bonds is 3. The minimum atomic E-state index is -0.429. The summed E-state index contributed by atoms with van der Waals surface area (Å²) in [6.07, 6.45) is 0. The van der Waals surface area contributed by atoms with Crippen LogP contribution < -0.4 is 11.1 Å². The molecule has 3 N–H and O–H groups in total. The van der Waals surface area contributed by atoms with Gasteiger partial charge in [-0.05, 0) is 31.2 Å². The largest absolute Gasteiger partial charge is 0.454 e. The molecule has 1 aromatic heterocycles. The van der Waals surface area contributed by atoms with Crippen LogP contribution in [0.25, 0.3) is 0 Å². The molecule has 6 heteroatoms. The number of hydrogen-bond donors (Lipinski definition) is 2. The zero-order chi connectivity index (χ0) is 14.0. The lowest BCUT2D eigenvalue weighted by Crippen LogP contribution is -2.12. The molecule has 0 bridgehead atoms. The van der Waals surface area contributed by atoms with Crippen molar-refractivity contribution < 1.29 is 9.21 Å². The predicted molar refractivity (Wildman–Crippen MR) is 75.7 cm³/mol. The number of nitrogens with one attached hydrogen (secondary N) is 1. The maximum atomic E-state index is 12.0. The van der Waals surface area contributed by atoms with Gasteiger partial charge in [-0.1, -0.05) is 29.3 Å². The summed E-state index contributed by atoms with van der Waals surface area (Å²) >= 11 is 11.9. The first-order chi connectivity index (χ1) is 8.99. The van der Waals surface area contributed by atoms with Crippen LogP contribution in [0.5, 0.6) is 0 Å². The van der Waals surface area contributed by atoms with E-state index in [-0.39, 0.29) is 11.8 Å². The molecule has 1 unspecified atom stereocenters. The van der Waals surface area contributed by atoms with Gasteiger partial charge in [-0.15, -0.1) is 0 Å². The minimum absolute atomic E-state index is 0.156. The third kappa shape index (κ3) is 3.10. The number of carbonyl (C=O) groups is 1. The lowest BCUT2D eigenvalue weighted by molar-refractivity contribution is 0.0994. The van der Waals surface area contributed by atoms with E-state index in [0.717, 1.165) is 0 Å². The molecule has 1 atom stereocenters. The van der Waals surface area contributed by atoms with Gasteiger partial charge in [0.25, 0.3) is 5.91 Å². The van der Waals surface area contributed by atoms with Crippen molar-refractivity contribution in [2.75, 3.05) is 5.32 Å². The summed E-state index contributed by atoms with van der Waals surface area (Å²) in [5.74, 6) is 0.264. The van der Waals surface area contributed by atoms with Crippen LogP contribution >= 0.6 is 23.2 Å². The molecular weight excluding hydrogens is 287 g/mol. The Morgan fingerprint density at radius 2 is 1.89 bits per heavy atom. The van der Waals surface area contributed by atoms with Crippen LogP contribution in [-0.4, -0.2) is 5.91 Å². The average Bonchev–Trinajstić information content (AvgIpc) is 2.83. The van der Waals surface area contributed by atoms with Gasteiger partial charge in [0.05, 0.1) is 21.8 Å². The number of hydrogen-bond acceptors (Lipinski definition) is 3. The number of nitrogens with two attached hydrogens (primary N) is 1. The minimum Gasteiger partial charge on any atom is -0.454 e. The Morgan fingerprint density at radius 1 is 1.26 bits per heavy atom. The molecule has 0 spiro atoms. The molecule has 1 heterocycles. The molecule has 1 amide bonds. The molecular formula is C13H12Cl2N2O2. The van der Waals surface area contributed by atoms with Crippen molar-refractivity contribution in [3.8, 4) is 0 Å². The Bertz CT molecular complexity index is 588. The van der Waals surface area contributed by atoms with Gasteiger partial charge in [-0.25, -0.2) is 0 Å². The Kier molecular flexibility index (Phi) is 4.14. The molecule has 0 aliphatic carbocycles. The Labute approximate surface area is 120 Å². The van der Waals surface area contributed by atoms with Gasteiger partial charge < -0.3 is 15.5 Å². The van der Waals surface area contributed by atoms with E-state index in [2.05, 4.69) is 5.32 Å². The lowest BCUT2D eigenvalue weighted by atomic mass is 10.3. The van der Waals surface area contributed by atoms with Gasteiger partial charge in [-0.3, -0.25) is 4.79 Å². The van der Waals surface area contributed by atoms with Crippen molar-refractivity contribution in [3.05, 3.63) is 51.9 Å². The summed E-state index contributed by atoms with van der Waals surface area (Å²) in [5, 5.41) is 3.33. The second-order valence-corrected chi connectivity index (χ2v) is 4.86. The van der Waals surface area contributed by atoms with E-state index in [0.29, 0.717) is 21.5 Å². The van der Waals surface area contributed by atoms with Crippen LogP contribution in [0.3, 0.4) is 0 Å². The fourth-order valence-corrected chi connectivity index (χ4v) is 2.00. The predicted octanol–water partition coefficient (Wildman–Crippen LogP) is 3.86. The summed E-state index contributed by atoms with van der Waals surface area (Å²) in [4.78, 5) is 12.0. The fourth-order valence-electron chi connectivity index (χ4n) is 1.51.